The van der Waals surface area contributed by atoms with Gasteiger partial charge in [-0.15, -0.1) is 0 Å². The van der Waals surface area contributed by atoms with Crippen LogP contribution in [0.5, 0.6) is 0 Å². The predicted molar refractivity (Wildman–Crippen MR) is 28.8 cm³/mol. The van der Waals surface area contributed by atoms with E-state index in [4.69, 9.17) is 5.11 Å². The number of aliphatic imine (C=N–C) groups is 1. The SMILES string of the molecule is O=C1CC=CC(O)=N1. The molecule has 0 saturated carbocycles. The number of carbonyl (C=O) groups is 1. The third-order valence-corrected chi connectivity index (χ3v) is 0.799. The molecule has 0 radical (unpaired) electrons. The van der Waals surface area contributed by atoms with Crippen LogP contribution in [-0.2, 0) is 4.79 Å². The van der Waals surface area contributed by atoms with E-state index in [1.807, 2.05) is 0 Å². The summed E-state index contributed by atoms with van der Waals surface area (Å²) in [7, 11) is 0. The molecule has 0 atom stereocenters. The summed E-state index contributed by atoms with van der Waals surface area (Å²) in [5, 5.41) is 8.52. The molecular formula is C5H5NO2. The predicted octanol–water partition coefficient (Wildman–Crippen LogP) is 0.429. The molecule has 1 amide bonds. The van der Waals surface area contributed by atoms with Gasteiger partial charge in [-0.2, -0.15) is 4.99 Å². The van der Waals surface area contributed by atoms with Gasteiger partial charge in [-0.05, 0) is 6.08 Å². The van der Waals surface area contributed by atoms with Crippen molar-refractivity contribution in [2.75, 3.05) is 0 Å². The van der Waals surface area contributed by atoms with E-state index >= 15 is 0 Å². The quantitative estimate of drug-likeness (QED) is 0.492. The van der Waals surface area contributed by atoms with Gasteiger partial charge in [0, 0.05) is 6.42 Å². The maximum absolute atomic E-state index is 10.3. The minimum atomic E-state index is -0.287. The van der Waals surface area contributed by atoms with Crippen molar-refractivity contribution in [1.82, 2.24) is 0 Å². The van der Waals surface area contributed by atoms with Crippen molar-refractivity contribution in [3.05, 3.63) is 12.2 Å². The number of carbonyl (C=O) groups excluding carboxylic acids is 1. The Balaban J connectivity index is 2.77. The topological polar surface area (TPSA) is 49.7 Å². The molecule has 0 aliphatic carbocycles. The van der Waals surface area contributed by atoms with Gasteiger partial charge in [-0.25, -0.2) is 0 Å². The molecule has 3 heteroatoms. The van der Waals surface area contributed by atoms with Crippen LogP contribution in [0.15, 0.2) is 17.1 Å². The highest BCUT2D eigenvalue weighted by atomic mass is 16.3. The number of nitrogens with zero attached hydrogens (tertiary/aromatic N) is 1. The van der Waals surface area contributed by atoms with E-state index in [9.17, 15) is 4.79 Å². The normalized spacial score (nSPS) is 18.5. The van der Waals surface area contributed by atoms with E-state index in [0.717, 1.165) is 0 Å². The Morgan fingerprint density at radius 3 is 2.88 bits per heavy atom. The van der Waals surface area contributed by atoms with Gasteiger partial charge in [0.15, 0.2) is 0 Å². The molecule has 42 valence electrons. The van der Waals surface area contributed by atoms with Gasteiger partial charge in [0.1, 0.15) is 0 Å². The lowest BCUT2D eigenvalue weighted by molar-refractivity contribution is -0.117. The number of rotatable bonds is 0. The molecular weight excluding hydrogens is 106 g/mol. The first kappa shape index (κ1) is 5.03. The van der Waals surface area contributed by atoms with E-state index < -0.39 is 0 Å². The first-order valence-electron chi connectivity index (χ1n) is 2.26. The fourth-order valence-corrected chi connectivity index (χ4v) is 0.476. The molecule has 8 heavy (non-hydrogen) atoms. The smallest absolute Gasteiger partial charge is 0.252 e. The van der Waals surface area contributed by atoms with E-state index in [1.54, 1.807) is 6.08 Å². The molecule has 0 aromatic carbocycles. The molecule has 0 aromatic rings. The van der Waals surface area contributed by atoms with Crippen LogP contribution in [-0.4, -0.2) is 16.9 Å². The largest absolute Gasteiger partial charge is 0.493 e. The van der Waals surface area contributed by atoms with Crippen LogP contribution < -0.4 is 0 Å². The van der Waals surface area contributed by atoms with Crippen molar-refractivity contribution in [2.45, 2.75) is 6.42 Å². The van der Waals surface area contributed by atoms with Crippen LogP contribution in [0.4, 0.5) is 0 Å². The number of aliphatic hydroxyl groups excluding tert-OH is 1. The van der Waals surface area contributed by atoms with Crippen LogP contribution in [0.25, 0.3) is 0 Å². The highest BCUT2D eigenvalue weighted by molar-refractivity contribution is 5.99. The maximum Gasteiger partial charge on any atom is 0.252 e. The van der Waals surface area contributed by atoms with Crippen molar-refractivity contribution in [2.24, 2.45) is 4.99 Å². The third-order valence-electron chi connectivity index (χ3n) is 0.799. The Morgan fingerprint density at radius 2 is 2.50 bits per heavy atom. The number of dihydropyridines is 1. The van der Waals surface area contributed by atoms with Crippen LogP contribution in [0.3, 0.4) is 0 Å². The second kappa shape index (κ2) is 1.78. The summed E-state index contributed by atoms with van der Waals surface area (Å²) in [6.45, 7) is 0. The minimum Gasteiger partial charge on any atom is -0.493 e. The molecule has 0 fully saturated rings. The molecule has 1 aliphatic rings. The van der Waals surface area contributed by atoms with Gasteiger partial charge in [-0.3, -0.25) is 4.79 Å². The summed E-state index contributed by atoms with van der Waals surface area (Å²) < 4.78 is 0. The van der Waals surface area contributed by atoms with Gasteiger partial charge in [-0.1, -0.05) is 6.08 Å². The molecule has 0 saturated heterocycles. The molecule has 1 heterocycles. The summed E-state index contributed by atoms with van der Waals surface area (Å²) >= 11 is 0. The van der Waals surface area contributed by atoms with Crippen LogP contribution >= 0.6 is 0 Å². The molecule has 0 unspecified atom stereocenters. The van der Waals surface area contributed by atoms with Crippen molar-refractivity contribution >= 4 is 11.8 Å². The lowest BCUT2D eigenvalue weighted by Gasteiger charge is -1.94. The number of amides is 1. The highest BCUT2D eigenvalue weighted by Gasteiger charge is 2.01. The Bertz CT molecular complexity index is 169. The zero-order valence-corrected chi connectivity index (χ0v) is 4.16. The summed E-state index contributed by atoms with van der Waals surface area (Å²) in [6.07, 6.45) is 3.29. The fraction of sp³-hybridized carbons (Fsp3) is 0.200. The van der Waals surface area contributed by atoms with Gasteiger partial charge >= 0.3 is 0 Å². The van der Waals surface area contributed by atoms with Crippen LogP contribution in [0.1, 0.15) is 6.42 Å². The van der Waals surface area contributed by atoms with Crippen molar-refractivity contribution < 1.29 is 9.90 Å². The van der Waals surface area contributed by atoms with E-state index in [0.29, 0.717) is 6.42 Å². The first-order chi connectivity index (χ1) is 3.79. The first-order valence-corrected chi connectivity index (χ1v) is 2.26. The van der Waals surface area contributed by atoms with Gasteiger partial charge < -0.3 is 5.11 Å². The molecule has 1 N–H and O–H groups in total. The van der Waals surface area contributed by atoms with Gasteiger partial charge in [0.05, 0.1) is 0 Å². The monoisotopic (exact) mass is 111 g/mol. The van der Waals surface area contributed by atoms with E-state index in [-0.39, 0.29) is 11.8 Å². The lowest BCUT2D eigenvalue weighted by Crippen LogP contribution is -2.02. The van der Waals surface area contributed by atoms with Crippen LogP contribution in [0, 0.1) is 0 Å². The molecule has 3 nitrogen and oxygen atoms in total. The second-order valence-electron chi connectivity index (χ2n) is 1.47. The number of hydrogen-bond acceptors (Lipinski definition) is 1. The number of hydrogen-bond donors (Lipinski definition) is 1. The second-order valence-corrected chi connectivity index (χ2v) is 1.47. The van der Waals surface area contributed by atoms with Gasteiger partial charge in [0.2, 0.25) is 5.90 Å². The minimum absolute atomic E-state index is 0.193. The van der Waals surface area contributed by atoms with E-state index in [1.165, 1.54) is 6.08 Å². The Labute approximate surface area is 46.4 Å². The Morgan fingerprint density at radius 1 is 1.75 bits per heavy atom. The fourth-order valence-electron chi connectivity index (χ4n) is 0.476. The third kappa shape index (κ3) is 0.932. The highest BCUT2D eigenvalue weighted by Crippen LogP contribution is 1.95. The van der Waals surface area contributed by atoms with Crippen LogP contribution in [0.2, 0.25) is 0 Å². The Hall–Kier alpha value is -1.12. The molecule has 0 spiro atoms. The van der Waals surface area contributed by atoms with Crippen molar-refractivity contribution in [1.29, 1.82) is 0 Å². The van der Waals surface area contributed by atoms with Crippen molar-refractivity contribution in [3.63, 3.8) is 0 Å². The lowest BCUT2D eigenvalue weighted by atomic mass is 10.3. The van der Waals surface area contributed by atoms with Gasteiger partial charge in [0.25, 0.3) is 5.91 Å². The number of aliphatic hydroxyl groups is 1. The van der Waals surface area contributed by atoms with E-state index in [2.05, 4.69) is 4.99 Å². The summed E-state index contributed by atoms with van der Waals surface area (Å²) in [5.41, 5.74) is 0. The van der Waals surface area contributed by atoms with Crippen molar-refractivity contribution in [3.8, 4) is 0 Å². The Kier molecular flexibility index (Phi) is 1.12. The maximum atomic E-state index is 10.3. The zero-order valence-electron chi connectivity index (χ0n) is 4.16. The molecule has 0 aromatic heterocycles. The summed E-state index contributed by atoms with van der Waals surface area (Å²) in [6, 6.07) is 0. The molecule has 0 bridgehead atoms. The average Bonchev–Trinajstić information content (AvgIpc) is 1.64. The standard InChI is InChI=1S/C5H5NO2/c7-4-2-1-3-5(8)6-4/h1-2H,3H2,(H,6,7,8). The average molecular weight is 111 g/mol. The summed E-state index contributed by atoms with van der Waals surface area (Å²) in [4.78, 5) is 13.5. The summed E-state index contributed by atoms with van der Waals surface area (Å²) in [5.74, 6) is -0.480. The molecule has 1 rings (SSSR count). The zero-order chi connectivity index (χ0) is 5.98. The molecule has 1 aliphatic heterocycles.